The minimum absolute atomic E-state index is 0.0295. The largest absolute Gasteiger partial charge is 0.462 e. The van der Waals surface area contributed by atoms with E-state index in [2.05, 4.69) is 9.47 Å². The highest BCUT2D eigenvalue weighted by Crippen LogP contribution is 2.26. The third-order valence-electron chi connectivity index (χ3n) is 9.75. The molecule has 0 aromatic carbocycles. The molecule has 0 saturated heterocycles. The molecule has 31 heteroatoms. The van der Waals surface area contributed by atoms with Gasteiger partial charge in [-0.05, 0) is 75.7 Å². The quantitative estimate of drug-likeness (QED) is 0.0491. The SMILES string of the molecule is CC(=O)OC(C)C(=O)OC(C)C(=O)OCCOCCOC(=O)C(C)OC(=O)C(C)OC(C)=O.CCC(COC(=O)C(C)OC(=O)C(C)OC(C)=O)(COC(=O)C(C)OC(=O)C(C)OC(C)=O)COC(=O)C(C)OC(=O)C(C)OC(C)=O. The summed E-state index contributed by atoms with van der Waals surface area (Å²) in [6, 6.07) is 0. The van der Waals surface area contributed by atoms with Crippen LogP contribution in [0.25, 0.3) is 0 Å². The zero-order valence-corrected chi connectivity index (χ0v) is 48.1. The Labute approximate surface area is 466 Å². The fourth-order valence-corrected chi connectivity index (χ4v) is 5.27. The minimum Gasteiger partial charge on any atom is -0.462 e. The lowest BCUT2D eigenvalue weighted by Gasteiger charge is -2.32. The maximum Gasteiger partial charge on any atom is 0.347 e. The molecule has 31 nitrogen and oxygen atoms in total. The van der Waals surface area contributed by atoms with E-state index in [0.29, 0.717) is 0 Å². The van der Waals surface area contributed by atoms with Crippen molar-refractivity contribution in [1.82, 2.24) is 0 Å². The van der Waals surface area contributed by atoms with Crippen LogP contribution in [0, 0.1) is 5.41 Å². The summed E-state index contributed by atoms with van der Waals surface area (Å²) in [5, 5.41) is 0. The van der Waals surface area contributed by atoms with Crippen molar-refractivity contribution >= 4 is 89.5 Å². The minimum atomic E-state index is -1.48. The van der Waals surface area contributed by atoms with Crippen molar-refractivity contribution in [3.63, 3.8) is 0 Å². The second-order valence-electron chi connectivity index (χ2n) is 17.3. The molecule has 0 aromatic rings. The van der Waals surface area contributed by atoms with E-state index in [0.717, 1.165) is 34.6 Å². The van der Waals surface area contributed by atoms with Crippen LogP contribution in [0.1, 0.15) is 117 Å². The van der Waals surface area contributed by atoms with Gasteiger partial charge in [0, 0.05) is 34.6 Å². The molecular weight excluding hydrogens is 1100 g/mol. The Kier molecular flexibility index (Phi) is 35.8. The van der Waals surface area contributed by atoms with Crippen molar-refractivity contribution in [2.45, 2.75) is 178 Å². The molecule has 10 atom stereocenters. The van der Waals surface area contributed by atoms with Gasteiger partial charge in [-0.3, -0.25) is 24.0 Å². The Hall–Kier alpha value is -7.99. The monoisotopic (exact) mass is 1170 g/mol. The standard InChI is InChI=1S/C30H44O18.C20H30O13/c1-11-30(12-40-24(34)15(2)46-27(37)18(5)43-21(8)31,13-41-25(35)16(3)47-28(38)19(6)44-22(9)32)14-42-26(36)17(4)48-29(39)20(7)45-23(10)33;1-11(32-19(25)13(3)30-15(5)21)17(23)28-9-7-27-8-10-29-18(24)12(2)33-20(26)14(4)31-16(6)22/h15-20H,11-14H2,1-10H3;11-14H,7-10H2,1-6H3. The summed E-state index contributed by atoms with van der Waals surface area (Å²) >= 11 is 0. The van der Waals surface area contributed by atoms with E-state index in [1.54, 1.807) is 6.92 Å². The molecule has 0 N–H and O–H groups in total. The molecule has 0 aliphatic carbocycles. The van der Waals surface area contributed by atoms with E-state index >= 15 is 0 Å². The molecule has 10 unspecified atom stereocenters. The van der Waals surface area contributed by atoms with Crippen molar-refractivity contribution in [3.05, 3.63) is 0 Å². The summed E-state index contributed by atoms with van der Waals surface area (Å²) in [6.07, 6.45) is -13.1. The van der Waals surface area contributed by atoms with E-state index in [4.69, 9.17) is 66.3 Å². The van der Waals surface area contributed by atoms with Gasteiger partial charge < -0.3 is 75.8 Å². The van der Waals surface area contributed by atoms with Crippen LogP contribution in [0.2, 0.25) is 0 Å². The van der Waals surface area contributed by atoms with Gasteiger partial charge in [-0.1, -0.05) is 6.92 Å². The van der Waals surface area contributed by atoms with Crippen LogP contribution in [0.5, 0.6) is 0 Å². The predicted octanol–water partition coefficient (Wildman–Crippen LogP) is 0.518. The second kappa shape index (κ2) is 38.6. The van der Waals surface area contributed by atoms with Crippen molar-refractivity contribution in [2.24, 2.45) is 5.41 Å². The van der Waals surface area contributed by atoms with Crippen LogP contribution in [-0.2, 0) is 148 Å². The van der Waals surface area contributed by atoms with Gasteiger partial charge in [0.05, 0.1) is 18.6 Å². The summed E-state index contributed by atoms with van der Waals surface area (Å²) in [4.78, 5) is 176. The van der Waals surface area contributed by atoms with Crippen LogP contribution < -0.4 is 0 Å². The maximum absolute atomic E-state index is 12.7. The zero-order chi connectivity index (χ0) is 62.9. The average Bonchev–Trinajstić information content (AvgIpc) is 3.36. The lowest BCUT2D eigenvalue weighted by molar-refractivity contribution is -0.185. The molecule has 0 aromatic heterocycles. The third-order valence-corrected chi connectivity index (χ3v) is 9.75. The summed E-state index contributed by atoms with van der Waals surface area (Å²) in [5.41, 5.74) is -1.45. The van der Waals surface area contributed by atoms with E-state index in [-0.39, 0.29) is 32.8 Å². The molecule has 0 aliphatic rings. The summed E-state index contributed by atoms with van der Waals surface area (Å²) in [5.74, 6) is -13.3. The highest BCUT2D eigenvalue weighted by atomic mass is 16.7. The molecule has 460 valence electrons. The van der Waals surface area contributed by atoms with E-state index in [1.165, 1.54) is 69.2 Å². The Morgan fingerprint density at radius 2 is 0.432 bits per heavy atom. The van der Waals surface area contributed by atoms with E-state index < -0.39 is 176 Å². The number of carbonyl (C=O) groups is 15. The Morgan fingerprint density at radius 3 is 0.605 bits per heavy atom. The molecule has 0 aliphatic heterocycles. The molecule has 0 amide bonds. The van der Waals surface area contributed by atoms with Gasteiger partial charge in [-0.25, -0.2) is 47.9 Å². The number of hydrogen-bond acceptors (Lipinski definition) is 31. The summed E-state index contributed by atoms with van der Waals surface area (Å²) in [6.45, 7) is 17.4. The molecular formula is C50H74O31. The fraction of sp³-hybridized carbons (Fsp3) is 0.700. The number of hydrogen-bond donors (Lipinski definition) is 0. The van der Waals surface area contributed by atoms with Crippen molar-refractivity contribution in [2.75, 3.05) is 46.2 Å². The third kappa shape index (κ3) is 33.3. The maximum atomic E-state index is 12.7. The fourth-order valence-electron chi connectivity index (χ4n) is 5.27. The molecule has 0 rings (SSSR count). The number of carbonyl (C=O) groups excluding carboxylic acids is 15. The number of ether oxygens (including phenoxy) is 16. The van der Waals surface area contributed by atoms with Crippen molar-refractivity contribution < 1.29 is 148 Å². The Bertz CT molecular complexity index is 1990. The first-order chi connectivity index (χ1) is 37.5. The van der Waals surface area contributed by atoms with Gasteiger partial charge in [0.1, 0.15) is 33.0 Å². The van der Waals surface area contributed by atoms with Crippen LogP contribution >= 0.6 is 0 Å². The van der Waals surface area contributed by atoms with Crippen molar-refractivity contribution in [3.8, 4) is 0 Å². The highest BCUT2D eigenvalue weighted by Gasteiger charge is 2.38. The van der Waals surface area contributed by atoms with Crippen LogP contribution in [0.3, 0.4) is 0 Å². The zero-order valence-electron chi connectivity index (χ0n) is 48.1. The first kappa shape index (κ1) is 75.1. The number of esters is 15. The Balaban J connectivity index is 0. The average molecular weight is 1170 g/mol. The van der Waals surface area contributed by atoms with Gasteiger partial charge >= 0.3 is 89.5 Å². The van der Waals surface area contributed by atoms with Crippen LogP contribution in [0.15, 0.2) is 0 Å². The van der Waals surface area contributed by atoms with Gasteiger partial charge in [-0.15, -0.1) is 0 Å². The predicted molar refractivity (Wildman–Crippen MR) is 262 cm³/mol. The highest BCUT2D eigenvalue weighted by molar-refractivity contribution is 5.85. The van der Waals surface area contributed by atoms with Gasteiger partial charge in [0.25, 0.3) is 0 Å². The molecule has 81 heavy (non-hydrogen) atoms. The molecule has 0 spiro atoms. The van der Waals surface area contributed by atoms with E-state index in [9.17, 15) is 71.9 Å². The Morgan fingerprint density at radius 1 is 0.259 bits per heavy atom. The van der Waals surface area contributed by atoms with Crippen LogP contribution in [-0.4, -0.2) is 197 Å². The normalized spacial score (nSPS) is 15.0. The first-order valence-corrected chi connectivity index (χ1v) is 24.8. The molecule has 0 fully saturated rings. The molecule has 0 saturated carbocycles. The van der Waals surface area contributed by atoms with Gasteiger partial charge in [0.2, 0.25) is 0 Å². The smallest absolute Gasteiger partial charge is 0.347 e. The van der Waals surface area contributed by atoms with E-state index in [1.807, 2.05) is 0 Å². The topological polar surface area (TPSA) is 404 Å². The van der Waals surface area contributed by atoms with Gasteiger partial charge in [-0.2, -0.15) is 0 Å². The molecule has 0 heterocycles. The lowest BCUT2D eigenvalue weighted by Crippen LogP contribution is -2.43. The second-order valence-corrected chi connectivity index (χ2v) is 17.3. The summed E-state index contributed by atoms with van der Waals surface area (Å²) < 4.78 is 78.8. The first-order valence-electron chi connectivity index (χ1n) is 24.8. The number of rotatable bonds is 33. The van der Waals surface area contributed by atoms with Crippen LogP contribution in [0.4, 0.5) is 0 Å². The summed E-state index contributed by atoms with van der Waals surface area (Å²) in [7, 11) is 0. The molecule has 0 radical (unpaired) electrons. The molecule has 0 bridgehead atoms. The van der Waals surface area contributed by atoms with Gasteiger partial charge in [0.15, 0.2) is 61.0 Å². The lowest BCUT2D eigenvalue weighted by atomic mass is 9.88. The van der Waals surface area contributed by atoms with Crippen molar-refractivity contribution in [1.29, 1.82) is 0 Å².